The Labute approximate surface area is 333 Å². The second-order valence-corrected chi connectivity index (χ2v) is 19.1. The van der Waals surface area contributed by atoms with Gasteiger partial charge >= 0.3 is 12.1 Å². The quantitative estimate of drug-likeness (QED) is 0.0955. The summed E-state index contributed by atoms with van der Waals surface area (Å²) >= 11 is 0. The van der Waals surface area contributed by atoms with Crippen LogP contribution >= 0.6 is 0 Å². The Morgan fingerprint density at radius 3 is 2.30 bits per heavy atom. The highest BCUT2D eigenvalue weighted by molar-refractivity contribution is 6.99. The van der Waals surface area contributed by atoms with E-state index in [-0.39, 0.29) is 29.3 Å². The average molecular weight is 791 g/mol. The maximum absolute atomic E-state index is 12.3. The molecule has 0 spiro atoms. The fraction of sp³-hybridized carbons (Fsp3) is 0.357. The van der Waals surface area contributed by atoms with Gasteiger partial charge in [0.15, 0.2) is 11.5 Å². The van der Waals surface area contributed by atoms with E-state index in [0.29, 0.717) is 65.4 Å². The number of carbonyl (C=O) groups excluding carboxylic acids is 1. The molecule has 298 valence electrons. The number of nitrogens with zero attached hydrogens (tertiary/aromatic N) is 6. The van der Waals surface area contributed by atoms with Crippen LogP contribution in [0, 0.1) is 0 Å². The van der Waals surface area contributed by atoms with Crippen LogP contribution in [0.25, 0.3) is 16.6 Å². The van der Waals surface area contributed by atoms with Gasteiger partial charge in [0.1, 0.15) is 22.5 Å². The van der Waals surface area contributed by atoms with Crippen molar-refractivity contribution in [2.75, 3.05) is 38.0 Å². The molecule has 0 saturated carbocycles. The summed E-state index contributed by atoms with van der Waals surface area (Å²) in [5.41, 5.74) is 2.74. The molecule has 1 aliphatic heterocycles. The molecule has 1 aliphatic rings. The molecule has 57 heavy (non-hydrogen) atoms. The van der Waals surface area contributed by atoms with Gasteiger partial charge in [0.2, 0.25) is 5.95 Å². The Hall–Kier alpha value is -5.93. The first-order valence-electron chi connectivity index (χ1n) is 19.1. The zero-order valence-corrected chi connectivity index (χ0v) is 34.3. The number of rotatable bonds is 16. The van der Waals surface area contributed by atoms with Gasteiger partial charge in [-0.05, 0) is 40.7 Å². The fourth-order valence-electron chi connectivity index (χ4n) is 7.43. The number of methoxy groups -OCH3 is 2. The number of carboxylic acid groups (broad SMARTS) is 1. The summed E-state index contributed by atoms with van der Waals surface area (Å²) in [7, 11) is 0.0487. The molecule has 4 heterocycles. The Morgan fingerprint density at radius 1 is 0.982 bits per heavy atom. The number of ether oxygens (including phenoxy) is 2. The van der Waals surface area contributed by atoms with Crippen LogP contribution in [0.2, 0.25) is 5.04 Å². The minimum Gasteiger partial charge on any atom is -0.495 e. The van der Waals surface area contributed by atoms with Crippen molar-refractivity contribution in [3.05, 3.63) is 96.5 Å². The van der Waals surface area contributed by atoms with Gasteiger partial charge < -0.3 is 24.3 Å². The topological polar surface area (TPSA) is 175 Å². The molecule has 3 N–H and O–H groups in total. The molecule has 0 radical (unpaired) electrons. The number of anilines is 2. The molecule has 2 aromatic carbocycles. The maximum atomic E-state index is 12.3. The summed E-state index contributed by atoms with van der Waals surface area (Å²) < 4.78 is 19.6. The molecule has 3 aromatic heterocycles. The van der Waals surface area contributed by atoms with Crippen molar-refractivity contribution in [2.24, 2.45) is 4.99 Å². The molecular weight excluding hydrogens is 741 g/mol. The molecule has 0 bridgehead atoms. The molecular formula is C42H50N8O6Si. The Kier molecular flexibility index (Phi) is 12.8. The van der Waals surface area contributed by atoms with Crippen LogP contribution in [0.3, 0.4) is 0 Å². The first-order chi connectivity index (χ1) is 27.5. The van der Waals surface area contributed by atoms with Crippen LogP contribution in [0.15, 0.2) is 90.2 Å². The Bertz CT molecular complexity index is 2220. The van der Waals surface area contributed by atoms with E-state index < -0.39 is 20.4 Å². The zero-order valence-electron chi connectivity index (χ0n) is 33.3. The van der Waals surface area contributed by atoms with Crippen LogP contribution in [0.1, 0.15) is 64.6 Å². The van der Waals surface area contributed by atoms with E-state index >= 15 is 0 Å². The second kappa shape index (κ2) is 17.9. The molecule has 0 unspecified atom stereocenters. The van der Waals surface area contributed by atoms with E-state index in [1.54, 1.807) is 23.1 Å². The van der Waals surface area contributed by atoms with Crippen LogP contribution in [0.5, 0.6) is 5.75 Å². The third kappa shape index (κ3) is 8.89. The third-order valence-corrected chi connectivity index (χ3v) is 15.1. The normalized spacial score (nSPS) is 13.7. The van der Waals surface area contributed by atoms with Crippen LogP contribution in [-0.4, -0.2) is 89.3 Å². The van der Waals surface area contributed by atoms with E-state index in [1.165, 1.54) is 24.6 Å². The number of benzene rings is 2. The Morgan fingerprint density at radius 2 is 1.68 bits per heavy atom. The van der Waals surface area contributed by atoms with E-state index in [2.05, 4.69) is 102 Å². The predicted molar refractivity (Wildman–Crippen MR) is 224 cm³/mol. The summed E-state index contributed by atoms with van der Waals surface area (Å²) in [6.07, 6.45) is 7.40. The van der Waals surface area contributed by atoms with Crippen molar-refractivity contribution < 1.29 is 28.6 Å². The lowest BCUT2D eigenvalue weighted by atomic mass is 9.99. The van der Waals surface area contributed by atoms with Crippen molar-refractivity contribution in [2.45, 2.75) is 71.0 Å². The van der Waals surface area contributed by atoms with Crippen molar-refractivity contribution in [3.63, 3.8) is 0 Å². The summed E-state index contributed by atoms with van der Waals surface area (Å²) in [5.74, 6) is -0.106. The largest absolute Gasteiger partial charge is 0.495 e. The number of carbonyl (C=O) groups is 2. The molecule has 0 fully saturated rings. The van der Waals surface area contributed by atoms with Crippen molar-refractivity contribution in [1.29, 1.82) is 0 Å². The molecule has 14 nitrogen and oxygen atoms in total. The molecule has 5 aromatic rings. The van der Waals surface area contributed by atoms with Gasteiger partial charge in [0.25, 0.3) is 8.32 Å². The first kappa shape index (κ1) is 40.7. The predicted octanol–water partition coefficient (Wildman–Crippen LogP) is 6.32. The molecule has 0 aliphatic carbocycles. The number of hydrogen-bond donors (Lipinski definition) is 3. The number of fused-ring (bicyclic) bond motifs is 1. The third-order valence-electron chi connectivity index (χ3n) is 10.0. The first-order valence-corrected chi connectivity index (χ1v) is 21.0. The average Bonchev–Trinajstić information content (AvgIpc) is 3.62. The molecule has 15 heteroatoms. The van der Waals surface area contributed by atoms with E-state index in [0.717, 1.165) is 12.8 Å². The lowest BCUT2D eigenvalue weighted by Crippen LogP contribution is -2.66. The van der Waals surface area contributed by atoms with Crippen LogP contribution in [0.4, 0.5) is 16.6 Å². The number of nitrogens with one attached hydrogen (secondary N) is 2. The van der Waals surface area contributed by atoms with Gasteiger partial charge in [0.05, 0.1) is 27.0 Å². The lowest BCUT2D eigenvalue weighted by molar-refractivity contribution is -0.129. The fourth-order valence-corrected chi connectivity index (χ4v) is 12.0. The molecule has 6 rings (SSSR count). The van der Waals surface area contributed by atoms with Crippen LogP contribution < -0.4 is 25.7 Å². The van der Waals surface area contributed by atoms with Gasteiger partial charge in [-0.3, -0.25) is 20.0 Å². The van der Waals surface area contributed by atoms with Crippen molar-refractivity contribution >= 4 is 64.8 Å². The number of pyridine rings is 1. The van der Waals surface area contributed by atoms with Gasteiger partial charge in [-0.25, -0.2) is 14.6 Å². The van der Waals surface area contributed by atoms with E-state index in [1.807, 2.05) is 18.2 Å². The number of dihydropyridines is 1. The molecule has 0 saturated heterocycles. The summed E-state index contributed by atoms with van der Waals surface area (Å²) in [5, 5.41) is 22.9. The minimum absolute atomic E-state index is 0.00115. The number of aliphatic imine (C=N–C) groups is 1. The summed E-state index contributed by atoms with van der Waals surface area (Å²) in [6.45, 7) is 10.0. The van der Waals surface area contributed by atoms with Crippen molar-refractivity contribution in [3.8, 4) is 5.75 Å². The maximum Gasteiger partial charge on any atom is 0.413 e. The van der Waals surface area contributed by atoms with Crippen molar-refractivity contribution in [1.82, 2.24) is 24.7 Å². The SMILES string of the molecule is CCC[C@@H](CCO[Si](c1ccccc1)(c1ccccc1)C(C)(C)C)Nc1nc(NC(=O)OC)nc2cnn(Cc3ncc(C4=CCCN=C4C(=O)O)cc3OC)c12. The van der Waals surface area contributed by atoms with Gasteiger partial charge in [-0.1, -0.05) is 101 Å². The number of carboxylic acids is 1. The standard InChI is InChI=1S/C42H50N8O6Si/c1-7-15-29(21-23-56-57(42(2,3)4,30-16-10-8-11-17-30)31-18-12-9-13-19-31)46-38-37-33(47-40(48-38)49-41(53)55-6)26-45-50(37)27-34-35(54-5)24-28(25-44-34)32-20-14-22-43-36(32)39(51)52/h8-13,16-20,24-26,29H,7,14-15,21-23,27H2,1-6H3,(H,51,52)(H2,46,47,48,49,53)/t29-/m0/s1. The lowest BCUT2D eigenvalue weighted by Gasteiger charge is -2.43. The number of aromatic nitrogens is 5. The highest BCUT2D eigenvalue weighted by Crippen LogP contribution is 2.37. The number of amides is 1. The number of hydrogen-bond acceptors (Lipinski definition) is 11. The van der Waals surface area contributed by atoms with Gasteiger partial charge in [-0.15, -0.1) is 0 Å². The molecule has 1 atom stereocenters. The van der Waals surface area contributed by atoms with E-state index in [9.17, 15) is 14.7 Å². The smallest absolute Gasteiger partial charge is 0.413 e. The number of aliphatic carboxylic acids is 1. The second-order valence-electron chi connectivity index (χ2n) is 14.8. The molecule has 1 amide bonds. The Balaban J connectivity index is 1.33. The highest BCUT2D eigenvalue weighted by Gasteiger charge is 2.50. The minimum atomic E-state index is -2.77. The summed E-state index contributed by atoms with van der Waals surface area (Å²) in [4.78, 5) is 42.5. The van der Waals surface area contributed by atoms with E-state index in [4.69, 9.17) is 23.9 Å². The monoisotopic (exact) mass is 790 g/mol. The highest BCUT2D eigenvalue weighted by atomic mass is 28.4. The van der Waals surface area contributed by atoms with Gasteiger partial charge in [0, 0.05) is 36.5 Å². The zero-order chi connectivity index (χ0) is 40.6. The summed E-state index contributed by atoms with van der Waals surface area (Å²) in [6, 6.07) is 22.8. The van der Waals surface area contributed by atoms with Gasteiger partial charge in [-0.2, -0.15) is 10.1 Å². The van der Waals surface area contributed by atoms with Crippen LogP contribution in [-0.2, 0) is 20.5 Å².